The normalized spacial score (nSPS) is 10.9. The number of hydrogen-bond donors (Lipinski definition) is 1. The number of aromatic nitrogens is 1. The number of benzene rings is 1. The molecule has 2 aromatic rings. The van der Waals surface area contributed by atoms with Crippen LogP contribution in [0, 0.1) is 0 Å². The Hall–Kier alpha value is -2.07. The lowest BCUT2D eigenvalue weighted by atomic mass is 10.1. The molecule has 0 spiro atoms. The van der Waals surface area contributed by atoms with E-state index in [0.29, 0.717) is 23.7 Å². The number of nitrogens with zero attached hydrogens (tertiary/aromatic N) is 1. The molecule has 0 aliphatic carbocycles. The molecule has 0 radical (unpaired) electrons. The van der Waals surface area contributed by atoms with Gasteiger partial charge in [-0.1, -0.05) is 96.1 Å². The number of hydrogen-bond acceptors (Lipinski definition) is 2. The highest BCUT2D eigenvalue weighted by atomic mass is 35.5. The zero-order chi connectivity index (χ0) is 25.1. The van der Waals surface area contributed by atoms with Crippen molar-refractivity contribution in [2.45, 2.75) is 110 Å². The number of ether oxygens (including phenoxy) is 1. The fourth-order valence-corrected chi connectivity index (χ4v) is 4.51. The summed E-state index contributed by atoms with van der Waals surface area (Å²) in [6.07, 6.45) is 21.1. The minimum atomic E-state index is -0.173. The van der Waals surface area contributed by atoms with Gasteiger partial charge >= 0.3 is 0 Å². The van der Waals surface area contributed by atoms with Gasteiger partial charge in [0.2, 0.25) is 0 Å². The predicted molar refractivity (Wildman–Crippen MR) is 146 cm³/mol. The molecular weight excluding hydrogens is 456 g/mol. The minimum absolute atomic E-state index is 0.173. The van der Waals surface area contributed by atoms with E-state index in [0.717, 1.165) is 30.7 Å². The molecule has 1 aromatic carbocycles. The molecule has 0 fully saturated rings. The van der Waals surface area contributed by atoms with Crippen LogP contribution in [-0.2, 0) is 13.1 Å². The summed E-state index contributed by atoms with van der Waals surface area (Å²) in [4.78, 5) is 12.6. The third kappa shape index (κ3) is 12.5. The standard InChI is InChI=1S/C30H45ClN2O2/c1-3-5-6-7-8-9-10-11-12-13-14-15-22-35-27-18-19-28(29(31)23-27)30(34)32-24-26-17-16-21-33(25-26)20-4-2/h16-19,21,23,25H,3-15,20,22,24H2,1-2H3/p+1. The number of pyridine rings is 1. The number of carbonyl (C=O) groups is 1. The molecular formula is C30H46ClN2O2+. The first kappa shape index (κ1) is 29.2. The van der Waals surface area contributed by atoms with Crippen molar-refractivity contribution in [1.82, 2.24) is 5.32 Å². The van der Waals surface area contributed by atoms with E-state index in [1.165, 1.54) is 70.6 Å². The lowest BCUT2D eigenvalue weighted by Crippen LogP contribution is -2.34. The number of halogens is 1. The van der Waals surface area contributed by atoms with Crippen LogP contribution in [0.4, 0.5) is 0 Å². The molecule has 5 heteroatoms. The molecule has 0 saturated heterocycles. The SMILES string of the molecule is CCCCCCCCCCCCCCOc1ccc(C(=O)NCc2ccc[n+](CCC)c2)c(Cl)c1. The van der Waals surface area contributed by atoms with Crippen LogP contribution < -0.4 is 14.6 Å². The van der Waals surface area contributed by atoms with Gasteiger partial charge in [-0.15, -0.1) is 0 Å². The second-order valence-corrected chi connectivity index (χ2v) is 9.92. The average Bonchev–Trinajstić information content (AvgIpc) is 2.86. The van der Waals surface area contributed by atoms with Crippen molar-refractivity contribution >= 4 is 17.5 Å². The second-order valence-electron chi connectivity index (χ2n) is 9.51. The highest BCUT2D eigenvalue weighted by molar-refractivity contribution is 6.34. The summed E-state index contributed by atoms with van der Waals surface area (Å²) in [6, 6.07) is 9.35. The molecule has 194 valence electrons. The Bertz CT molecular complexity index is 856. The van der Waals surface area contributed by atoms with Gasteiger partial charge in [0.1, 0.15) is 12.3 Å². The fraction of sp³-hybridized carbons (Fsp3) is 0.600. The number of rotatable bonds is 19. The molecule has 0 unspecified atom stereocenters. The maximum absolute atomic E-state index is 12.6. The van der Waals surface area contributed by atoms with E-state index in [4.69, 9.17) is 16.3 Å². The Labute approximate surface area is 218 Å². The summed E-state index contributed by atoms with van der Waals surface area (Å²) in [5.74, 6) is 0.548. The zero-order valence-electron chi connectivity index (χ0n) is 22.0. The molecule has 0 bridgehead atoms. The monoisotopic (exact) mass is 501 g/mol. The van der Waals surface area contributed by atoms with Crippen molar-refractivity contribution in [2.75, 3.05) is 6.61 Å². The molecule has 0 aliphatic heterocycles. The van der Waals surface area contributed by atoms with Crippen molar-refractivity contribution in [3.05, 3.63) is 58.9 Å². The Kier molecular flexibility index (Phi) is 15.2. The van der Waals surface area contributed by atoms with Crippen LogP contribution >= 0.6 is 11.6 Å². The molecule has 0 aliphatic rings. The largest absolute Gasteiger partial charge is 0.494 e. The van der Waals surface area contributed by atoms with Crippen LogP contribution in [0.3, 0.4) is 0 Å². The Morgan fingerprint density at radius 1 is 0.886 bits per heavy atom. The van der Waals surface area contributed by atoms with E-state index in [1.54, 1.807) is 12.1 Å². The van der Waals surface area contributed by atoms with E-state index in [1.807, 2.05) is 24.4 Å². The number of aryl methyl sites for hydroxylation is 1. The molecule has 4 nitrogen and oxygen atoms in total. The molecule has 1 heterocycles. The first-order valence-corrected chi connectivity index (χ1v) is 14.2. The van der Waals surface area contributed by atoms with Crippen LogP contribution in [0.25, 0.3) is 0 Å². The van der Waals surface area contributed by atoms with Crippen molar-refractivity contribution in [3.8, 4) is 5.75 Å². The third-order valence-corrected chi connectivity index (χ3v) is 6.62. The van der Waals surface area contributed by atoms with Gasteiger partial charge in [-0.25, -0.2) is 4.57 Å². The smallest absolute Gasteiger partial charge is 0.253 e. The summed E-state index contributed by atoms with van der Waals surface area (Å²) >= 11 is 6.39. The topological polar surface area (TPSA) is 42.2 Å². The summed E-state index contributed by atoms with van der Waals surface area (Å²) in [7, 11) is 0. The van der Waals surface area contributed by atoms with Gasteiger partial charge < -0.3 is 10.1 Å². The highest BCUT2D eigenvalue weighted by Crippen LogP contribution is 2.23. The summed E-state index contributed by atoms with van der Waals surface area (Å²) in [6.45, 7) is 6.54. The fourth-order valence-electron chi connectivity index (χ4n) is 4.26. The molecule has 1 N–H and O–H groups in total. The van der Waals surface area contributed by atoms with Gasteiger partial charge in [0.15, 0.2) is 12.4 Å². The first-order valence-electron chi connectivity index (χ1n) is 13.8. The van der Waals surface area contributed by atoms with E-state index in [2.05, 4.69) is 29.9 Å². The van der Waals surface area contributed by atoms with Gasteiger partial charge in [-0.3, -0.25) is 4.79 Å². The van der Waals surface area contributed by atoms with Gasteiger partial charge in [0.25, 0.3) is 5.91 Å². The highest BCUT2D eigenvalue weighted by Gasteiger charge is 2.12. The molecule has 2 rings (SSSR count). The van der Waals surface area contributed by atoms with E-state index in [9.17, 15) is 4.79 Å². The first-order chi connectivity index (χ1) is 17.1. The summed E-state index contributed by atoms with van der Waals surface area (Å²) < 4.78 is 8.00. The van der Waals surface area contributed by atoms with E-state index in [-0.39, 0.29) is 5.91 Å². The molecule has 0 saturated carbocycles. The molecule has 1 amide bonds. The minimum Gasteiger partial charge on any atom is -0.494 e. The van der Waals surface area contributed by atoms with Gasteiger partial charge in [-0.05, 0) is 30.7 Å². The summed E-state index contributed by atoms with van der Waals surface area (Å²) in [5.41, 5.74) is 1.54. The van der Waals surface area contributed by atoms with Crippen LogP contribution in [-0.4, -0.2) is 12.5 Å². The van der Waals surface area contributed by atoms with Crippen molar-refractivity contribution in [1.29, 1.82) is 0 Å². The number of nitrogens with one attached hydrogen (secondary N) is 1. The Morgan fingerprint density at radius 3 is 2.17 bits per heavy atom. The predicted octanol–water partition coefficient (Wildman–Crippen LogP) is 8.05. The quantitative estimate of drug-likeness (QED) is 0.156. The van der Waals surface area contributed by atoms with Crippen LogP contribution in [0.5, 0.6) is 5.75 Å². The second kappa shape index (κ2) is 18.2. The van der Waals surface area contributed by atoms with Crippen LogP contribution in [0.2, 0.25) is 5.02 Å². The average molecular weight is 502 g/mol. The third-order valence-electron chi connectivity index (χ3n) is 6.31. The zero-order valence-corrected chi connectivity index (χ0v) is 22.8. The Balaban J connectivity index is 1.59. The maximum Gasteiger partial charge on any atom is 0.253 e. The van der Waals surface area contributed by atoms with Crippen molar-refractivity contribution in [3.63, 3.8) is 0 Å². The lowest BCUT2D eigenvalue weighted by molar-refractivity contribution is -0.697. The number of carbonyl (C=O) groups excluding carboxylic acids is 1. The number of amides is 1. The molecule has 0 atom stereocenters. The van der Waals surface area contributed by atoms with E-state index < -0.39 is 0 Å². The van der Waals surface area contributed by atoms with Gasteiger partial charge in [0, 0.05) is 24.6 Å². The van der Waals surface area contributed by atoms with Crippen LogP contribution in [0.15, 0.2) is 42.7 Å². The van der Waals surface area contributed by atoms with Gasteiger partial charge in [-0.2, -0.15) is 0 Å². The lowest BCUT2D eigenvalue weighted by Gasteiger charge is -2.10. The molecule has 1 aromatic heterocycles. The van der Waals surface area contributed by atoms with Gasteiger partial charge in [0.05, 0.1) is 17.2 Å². The maximum atomic E-state index is 12.6. The summed E-state index contributed by atoms with van der Waals surface area (Å²) in [5, 5.41) is 3.38. The van der Waals surface area contributed by atoms with Crippen molar-refractivity contribution in [2.24, 2.45) is 0 Å². The number of unbranched alkanes of at least 4 members (excludes halogenated alkanes) is 11. The molecule has 35 heavy (non-hydrogen) atoms. The van der Waals surface area contributed by atoms with Crippen LogP contribution in [0.1, 0.15) is 113 Å². The Morgan fingerprint density at radius 2 is 1.54 bits per heavy atom. The van der Waals surface area contributed by atoms with E-state index >= 15 is 0 Å². The van der Waals surface area contributed by atoms with Crippen molar-refractivity contribution < 1.29 is 14.1 Å².